The van der Waals surface area contributed by atoms with Crippen LogP contribution in [0, 0.1) is 6.92 Å². The quantitative estimate of drug-likeness (QED) is 0.208. The molecule has 0 aliphatic rings. The molecule has 0 aromatic carbocycles. The molecule has 2 nitrogen and oxygen atoms in total. The van der Waals surface area contributed by atoms with E-state index in [0.717, 1.165) is 0 Å². The summed E-state index contributed by atoms with van der Waals surface area (Å²) in [5.74, 6) is -1.08. The average Bonchev–Trinajstić information content (AvgIpc) is 0.811. The number of hydrogen-bond acceptors (Lipinski definition) is 1. The van der Waals surface area contributed by atoms with Gasteiger partial charge >= 0.3 is 51.4 Å². The third kappa shape index (κ3) is 128. The van der Waals surface area contributed by atoms with Crippen LogP contribution in [0.1, 0.15) is 1.43 Å². The minimum absolute atomic E-state index is 0. The van der Waals surface area contributed by atoms with Crippen molar-refractivity contribution in [2.24, 2.45) is 0 Å². The molecule has 11 heteroatoms. The zero-order chi connectivity index (χ0) is 3.58. The van der Waals surface area contributed by atoms with Crippen LogP contribution < -0.4 is 51.4 Å². The van der Waals surface area contributed by atoms with Crippen molar-refractivity contribution in [3.8, 4) is 0 Å². The second-order valence-corrected chi connectivity index (χ2v) is 0.394. The SMILES string of the molecule is [Au].[CH2-]C(=O)O.[Co].[Fe].[H-].[K+].[Mn].[Pd].[Pt].[Re].[Ti]. The Morgan fingerprint density at radius 3 is 1.38 bits per heavy atom. The molecule has 1 N–H and O–H groups in total. The van der Waals surface area contributed by atoms with Gasteiger partial charge in [0, 0.05) is 157 Å². The van der Waals surface area contributed by atoms with Gasteiger partial charge in [-0.3, -0.25) is 11.7 Å². The van der Waals surface area contributed by atoms with Crippen LogP contribution in [0.3, 0.4) is 0 Å². The van der Waals surface area contributed by atoms with Crippen molar-refractivity contribution >= 4 is 5.97 Å². The van der Waals surface area contributed by atoms with Gasteiger partial charge < -0.3 is 6.53 Å². The molecule has 0 bridgehead atoms. The van der Waals surface area contributed by atoms with Crippen LogP contribution in [-0.2, 0) is 162 Å². The van der Waals surface area contributed by atoms with Gasteiger partial charge in [-0.05, 0) is 0 Å². The van der Waals surface area contributed by atoms with Crippen LogP contribution in [0.5, 0.6) is 0 Å². The number of rotatable bonds is 0. The van der Waals surface area contributed by atoms with Crippen molar-refractivity contribution in [3.05, 3.63) is 6.92 Å². The molecule has 0 rings (SSSR count). The Morgan fingerprint density at radius 2 is 1.38 bits per heavy atom. The van der Waals surface area contributed by atoms with Gasteiger partial charge in [-0.15, -0.1) is 0 Å². The molecule has 0 unspecified atom stereocenters. The molecule has 0 saturated carbocycles. The van der Waals surface area contributed by atoms with Crippen molar-refractivity contribution in [2.45, 2.75) is 0 Å². The Kier molecular flexibility index (Phi) is 376. The Morgan fingerprint density at radius 1 is 1.38 bits per heavy atom. The summed E-state index contributed by atoms with van der Waals surface area (Å²) in [5, 5.41) is 7.31. The molecule has 0 fully saturated rings. The summed E-state index contributed by atoms with van der Waals surface area (Å²) in [7, 11) is 0. The maximum Gasteiger partial charge on any atom is 1.00 e. The van der Waals surface area contributed by atoms with Gasteiger partial charge in [0.15, 0.2) is 5.97 Å². The van der Waals surface area contributed by atoms with Crippen molar-refractivity contribution in [1.82, 2.24) is 0 Å². The largest absolute Gasteiger partial charge is 1.00 e. The molecule has 0 heterocycles. The number of aliphatic carboxylic acids is 1. The molecule has 0 saturated heterocycles. The minimum Gasteiger partial charge on any atom is -1.00 e. The van der Waals surface area contributed by atoms with Crippen LogP contribution in [0.2, 0.25) is 0 Å². The third-order valence-electron chi connectivity index (χ3n) is 0. The first-order valence-electron chi connectivity index (χ1n) is 0.781. The van der Waals surface area contributed by atoms with Gasteiger partial charge in [0.25, 0.3) is 0 Å². The molecule has 0 aromatic heterocycles. The van der Waals surface area contributed by atoms with E-state index in [-0.39, 0.29) is 210 Å². The van der Waals surface area contributed by atoms with Gasteiger partial charge in [0.1, 0.15) is 0 Å². The van der Waals surface area contributed by atoms with Gasteiger partial charge in [0.2, 0.25) is 0 Å². The van der Waals surface area contributed by atoms with E-state index >= 15 is 0 Å². The van der Waals surface area contributed by atoms with E-state index in [2.05, 4.69) is 6.92 Å². The molecular formula is C2H4AuCoFeKMnO2PdPtReTi-. The van der Waals surface area contributed by atoms with Crippen LogP contribution in [-0.4, -0.2) is 11.1 Å². The summed E-state index contributed by atoms with van der Waals surface area (Å²) in [5.41, 5.74) is 0. The molecule has 0 spiro atoms. The summed E-state index contributed by atoms with van der Waals surface area (Å²) in [4.78, 5) is 8.89. The van der Waals surface area contributed by atoms with Crippen LogP contribution in [0.25, 0.3) is 0 Å². The molecule has 4 radical (unpaired) electrons. The zero-order valence-corrected chi connectivity index (χ0v) is 22.7. The molecule has 0 aromatic rings. The zero-order valence-electron chi connectivity index (χ0n) is 6.94. The van der Waals surface area contributed by atoms with Gasteiger partial charge in [0.05, 0.1) is 0 Å². The first-order chi connectivity index (χ1) is 1.73. The first kappa shape index (κ1) is 76.0. The number of carbonyl (C=O) groups is 1. The van der Waals surface area contributed by atoms with Crippen molar-refractivity contribution in [3.63, 3.8) is 0 Å². The molecule has 13 heavy (non-hydrogen) atoms. The summed E-state index contributed by atoms with van der Waals surface area (Å²) in [6.07, 6.45) is 0. The van der Waals surface area contributed by atoms with Gasteiger partial charge in [-0.1, -0.05) is 0 Å². The fourth-order valence-corrected chi connectivity index (χ4v) is 0. The second kappa shape index (κ2) is 64.3. The molecule has 92 valence electrons. The number of carboxylic acids is 1. The fraction of sp³-hybridized carbons (Fsp3) is 0. The fourth-order valence-electron chi connectivity index (χ4n) is 0. The van der Waals surface area contributed by atoms with E-state index in [0.29, 0.717) is 0 Å². The molecule has 0 aliphatic heterocycles. The predicted octanol–water partition coefficient (Wildman–Crippen LogP) is -3.00. The smallest absolute Gasteiger partial charge is 1.00 e. The average molecular weight is 1000 g/mol. The van der Waals surface area contributed by atoms with E-state index in [1.807, 2.05) is 0 Å². The van der Waals surface area contributed by atoms with Gasteiger partial charge in [-0.2, -0.15) is 0 Å². The minimum atomic E-state index is -1.08. The predicted molar refractivity (Wildman–Crippen MR) is 14.1 cm³/mol. The van der Waals surface area contributed by atoms with Crippen molar-refractivity contribution in [1.29, 1.82) is 0 Å². The monoisotopic (exact) mass is 1000 g/mol. The van der Waals surface area contributed by atoms with Crippen LogP contribution in [0.15, 0.2) is 0 Å². The molecular weight excluding hydrogens is 997 g/mol. The first-order valence-corrected chi connectivity index (χ1v) is 0.781. The Labute approximate surface area is 227 Å². The Bertz CT molecular complexity index is 72.3. The topological polar surface area (TPSA) is 37.3 Å². The molecule has 0 amide bonds. The van der Waals surface area contributed by atoms with E-state index in [1.165, 1.54) is 0 Å². The van der Waals surface area contributed by atoms with Crippen LogP contribution >= 0.6 is 0 Å². The second-order valence-electron chi connectivity index (χ2n) is 0.394. The Balaban J connectivity index is -0.000000001000. The maximum atomic E-state index is 8.89. The summed E-state index contributed by atoms with van der Waals surface area (Å²) >= 11 is 0. The third-order valence-corrected chi connectivity index (χ3v) is 0. The normalized spacial score (nSPS) is 1.85. The summed E-state index contributed by atoms with van der Waals surface area (Å²) < 4.78 is 0. The van der Waals surface area contributed by atoms with E-state index in [1.54, 1.807) is 0 Å². The number of carboxylic acid groups (broad SMARTS) is 1. The number of hydrogen-bond donors (Lipinski definition) is 1. The van der Waals surface area contributed by atoms with E-state index in [9.17, 15) is 0 Å². The maximum absolute atomic E-state index is 8.89. The van der Waals surface area contributed by atoms with Crippen molar-refractivity contribution in [2.75, 3.05) is 0 Å². The molecule has 0 aliphatic carbocycles. The molecule has 0 atom stereocenters. The summed E-state index contributed by atoms with van der Waals surface area (Å²) in [6.45, 7) is 2.56. The van der Waals surface area contributed by atoms with E-state index in [4.69, 9.17) is 9.90 Å². The van der Waals surface area contributed by atoms with Crippen molar-refractivity contribution < 1.29 is 220 Å². The standard InChI is InChI=1S/C2H3O2.Au.Co.Fe.K.Mn.Pd.Pt.Re.Ti.H/c1-2(3)4;;;;;;;;;;/h1H2,(H,3,4);;;;;;;;;;/q-1;;;;+1;;;;;;-1. The van der Waals surface area contributed by atoms with Crippen LogP contribution in [0.4, 0.5) is 0 Å². The van der Waals surface area contributed by atoms with E-state index < -0.39 is 5.97 Å². The Hall–Kier alpha value is 5.99. The summed E-state index contributed by atoms with van der Waals surface area (Å²) in [6, 6.07) is 0. The van der Waals surface area contributed by atoms with Gasteiger partial charge in [-0.25, -0.2) is 0 Å².